The highest BCUT2D eigenvalue weighted by molar-refractivity contribution is 7.89. The van der Waals surface area contributed by atoms with Gasteiger partial charge in [0.15, 0.2) is 0 Å². The molecule has 1 N–H and O–H groups in total. The molecular formula is C21H29ClN2O3S. The Labute approximate surface area is 172 Å². The number of sulfonamides is 1. The molecule has 2 bridgehead atoms. The van der Waals surface area contributed by atoms with E-state index in [4.69, 9.17) is 11.6 Å². The van der Waals surface area contributed by atoms with Gasteiger partial charge in [-0.15, -0.1) is 0 Å². The van der Waals surface area contributed by atoms with Crippen molar-refractivity contribution in [1.29, 1.82) is 0 Å². The van der Waals surface area contributed by atoms with E-state index in [1.165, 1.54) is 48.2 Å². The number of piperidine rings is 1. The van der Waals surface area contributed by atoms with Crippen LogP contribution in [0.25, 0.3) is 0 Å². The maximum absolute atomic E-state index is 12.9. The minimum absolute atomic E-state index is 0.0706. The summed E-state index contributed by atoms with van der Waals surface area (Å²) < 4.78 is 27.4. The van der Waals surface area contributed by atoms with E-state index < -0.39 is 10.0 Å². The molecule has 0 radical (unpaired) electrons. The number of amides is 1. The molecule has 5 nitrogen and oxygen atoms in total. The fourth-order valence-electron chi connectivity index (χ4n) is 5.39. The van der Waals surface area contributed by atoms with Gasteiger partial charge in [0, 0.05) is 19.1 Å². The molecule has 1 heterocycles. The number of benzene rings is 1. The Balaban J connectivity index is 1.51. The molecule has 1 amide bonds. The maximum atomic E-state index is 12.9. The van der Waals surface area contributed by atoms with Crippen LogP contribution in [0.5, 0.6) is 0 Å². The number of nitrogens with zero attached hydrogens (tertiary/aromatic N) is 1. The highest BCUT2D eigenvalue weighted by Crippen LogP contribution is 2.49. The summed E-state index contributed by atoms with van der Waals surface area (Å²) in [4.78, 5) is 13.0. The van der Waals surface area contributed by atoms with Crippen molar-refractivity contribution in [2.45, 2.75) is 62.8 Å². The number of hydrogen-bond acceptors (Lipinski definition) is 3. The molecule has 1 aromatic carbocycles. The summed E-state index contributed by atoms with van der Waals surface area (Å²) in [5, 5.41) is 3.38. The van der Waals surface area contributed by atoms with Gasteiger partial charge in [0.25, 0.3) is 5.91 Å². The number of nitrogens with one attached hydrogen (secondary N) is 1. The minimum Gasteiger partial charge on any atom is -0.349 e. The van der Waals surface area contributed by atoms with E-state index in [-0.39, 0.29) is 27.4 Å². The summed E-state index contributed by atoms with van der Waals surface area (Å²) in [5.41, 5.74) is 0.245. The van der Waals surface area contributed by atoms with Gasteiger partial charge < -0.3 is 5.32 Å². The van der Waals surface area contributed by atoms with Crippen molar-refractivity contribution in [3.05, 3.63) is 28.8 Å². The minimum atomic E-state index is -3.59. The van der Waals surface area contributed by atoms with Crippen LogP contribution in [0, 0.1) is 17.8 Å². The Morgan fingerprint density at radius 3 is 2.57 bits per heavy atom. The van der Waals surface area contributed by atoms with E-state index in [0.717, 1.165) is 25.2 Å². The lowest BCUT2D eigenvalue weighted by Crippen LogP contribution is -2.40. The molecule has 1 aliphatic heterocycles. The van der Waals surface area contributed by atoms with E-state index in [9.17, 15) is 13.2 Å². The molecule has 7 heteroatoms. The first-order chi connectivity index (χ1) is 13.4. The SMILES string of the molecule is CC(NC(=O)c1cc(S(=O)(=O)N2CCCCC2)ccc1Cl)C1CC2CCC1C2. The van der Waals surface area contributed by atoms with Gasteiger partial charge in [0.1, 0.15) is 0 Å². The van der Waals surface area contributed by atoms with Crippen molar-refractivity contribution in [2.24, 2.45) is 17.8 Å². The summed E-state index contributed by atoms with van der Waals surface area (Å²) in [6.45, 7) is 3.13. The van der Waals surface area contributed by atoms with Crippen molar-refractivity contribution in [3.8, 4) is 0 Å². The van der Waals surface area contributed by atoms with Gasteiger partial charge in [-0.05, 0) is 75.0 Å². The van der Waals surface area contributed by atoms with Gasteiger partial charge in [-0.2, -0.15) is 4.31 Å². The number of carbonyl (C=O) groups is 1. The number of halogens is 1. The predicted octanol–water partition coefficient (Wildman–Crippen LogP) is 4.07. The van der Waals surface area contributed by atoms with E-state index >= 15 is 0 Å². The Bertz CT molecular complexity index is 851. The van der Waals surface area contributed by atoms with Crippen LogP contribution in [-0.4, -0.2) is 37.8 Å². The summed E-state index contributed by atoms with van der Waals surface area (Å²) in [7, 11) is -3.59. The Morgan fingerprint density at radius 1 is 1.18 bits per heavy atom. The molecule has 0 aromatic heterocycles. The van der Waals surface area contributed by atoms with Gasteiger partial charge in [0.2, 0.25) is 10.0 Å². The molecule has 2 saturated carbocycles. The molecule has 2 aliphatic carbocycles. The highest BCUT2D eigenvalue weighted by Gasteiger charge is 2.42. The molecule has 4 unspecified atom stereocenters. The van der Waals surface area contributed by atoms with Crippen LogP contribution in [0.3, 0.4) is 0 Å². The van der Waals surface area contributed by atoms with E-state index in [1.54, 1.807) is 0 Å². The monoisotopic (exact) mass is 424 g/mol. The second-order valence-corrected chi connectivity index (χ2v) is 11.1. The van der Waals surface area contributed by atoms with Crippen molar-refractivity contribution in [3.63, 3.8) is 0 Å². The Hall–Kier alpha value is -1.11. The average molecular weight is 425 g/mol. The summed E-state index contributed by atoms with van der Waals surface area (Å²) >= 11 is 6.26. The van der Waals surface area contributed by atoms with Gasteiger partial charge in [-0.3, -0.25) is 4.79 Å². The zero-order valence-electron chi connectivity index (χ0n) is 16.4. The topological polar surface area (TPSA) is 66.5 Å². The number of rotatable bonds is 5. The number of hydrogen-bond donors (Lipinski definition) is 1. The second-order valence-electron chi connectivity index (χ2n) is 8.71. The van der Waals surface area contributed by atoms with Crippen LogP contribution in [0.15, 0.2) is 23.1 Å². The van der Waals surface area contributed by atoms with Crippen molar-refractivity contribution < 1.29 is 13.2 Å². The molecule has 28 heavy (non-hydrogen) atoms. The third-order valence-electron chi connectivity index (χ3n) is 6.93. The first-order valence-corrected chi connectivity index (χ1v) is 12.3. The smallest absolute Gasteiger partial charge is 0.253 e. The third kappa shape index (κ3) is 3.83. The first-order valence-electron chi connectivity index (χ1n) is 10.5. The van der Waals surface area contributed by atoms with E-state index in [0.29, 0.717) is 24.9 Å². The van der Waals surface area contributed by atoms with Crippen molar-refractivity contribution >= 4 is 27.5 Å². The lowest BCUT2D eigenvalue weighted by molar-refractivity contribution is 0.0915. The van der Waals surface area contributed by atoms with Crippen LogP contribution in [0.1, 0.15) is 62.2 Å². The fraction of sp³-hybridized carbons (Fsp3) is 0.667. The largest absolute Gasteiger partial charge is 0.349 e. The summed E-state index contributed by atoms with van der Waals surface area (Å²) in [5.74, 6) is 1.76. The molecule has 4 rings (SSSR count). The average Bonchev–Trinajstić information content (AvgIpc) is 3.32. The molecule has 1 aromatic rings. The van der Waals surface area contributed by atoms with Crippen molar-refractivity contribution in [1.82, 2.24) is 9.62 Å². The predicted molar refractivity (Wildman–Crippen MR) is 110 cm³/mol. The zero-order chi connectivity index (χ0) is 19.9. The van der Waals surface area contributed by atoms with E-state index in [2.05, 4.69) is 12.2 Å². The standard InChI is InChI=1S/C21H29ClN2O3S/c1-14(18-12-15-5-6-16(18)11-15)23-21(25)19-13-17(7-8-20(19)22)28(26,27)24-9-3-2-4-10-24/h7-8,13-16,18H,2-6,9-12H2,1H3,(H,23,25). The van der Waals surface area contributed by atoms with Gasteiger partial charge in [0.05, 0.1) is 15.5 Å². The number of carbonyl (C=O) groups excluding carboxylic acids is 1. The van der Waals surface area contributed by atoms with Crippen molar-refractivity contribution in [2.75, 3.05) is 13.1 Å². The molecule has 0 spiro atoms. The number of fused-ring (bicyclic) bond motifs is 2. The molecule has 1 saturated heterocycles. The third-order valence-corrected chi connectivity index (χ3v) is 9.15. The van der Waals surface area contributed by atoms with Crippen LogP contribution < -0.4 is 5.32 Å². The Kier molecular flexibility index (Phi) is 5.73. The van der Waals surface area contributed by atoms with Crippen LogP contribution in [0.4, 0.5) is 0 Å². The van der Waals surface area contributed by atoms with E-state index in [1.807, 2.05) is 0 Å². The lowest BCUT2D eigenvalue weighted by atomic mass is 9.84. The molecule has 4 atom stereocenters. The summed E-state index contributed by atoms with van der Waals surface area (Å²) in [6, 6.07) is 4.54. The first kappa shape index (κ1) is 20.2. The maximum Gasteiger partial charge on any atom is 0.253 e. The van der Waals surface area contributed by atoms with Gasteiger partial charge >= 0.3 is 0 Å². The lowest BCUT2D eigenvalue weighted by Gasteiger charge is -2.29. The molecule has 3 aliphatic rings. The van der Waals surface area contributed by atoms with Crippen LogP contribution >= 0.6 is 11.6 Å². The van der Waals surface area contributed by atoms with Gasteiger partial charge in [-0.25, -0.2) is 8.42 Å². The fourth-order valence-corrected chi connectivity index (χ4v) is 7.14. The van der Waals surface area contributed by atoms with Crippen LogP contribution in [0.2, 0.25) is 5.02 Å². The quantitative estimate of drug-likeness (QED) is 0.774. The molecule has 3 fully saturated rings. The Morgan fingerprint density at radius 2 is 1.93 bits per heavy atom. The highest BCUT2D eigenvalue weighted by atomic mass is 35.5. The normalized spacial score (nSPS) is 29.0. The molecule has 154 valence electrons. The second kappa shape index (κ2) is 7.96. The molecular weight excluding hydrogens is 396 g/mol. The summed E-state index contributed by atoms with van der Waals surface area (Å²) in [6.07, 6.45) is 7.87. The zero-order valence-corrected chi connectivity index (χ0v) is 17.9. The van der Waals surface area contributed by atoms with Gasteiger partial charge in [-0.1, -0.05) is 24.4 Å². The van der Waals surface area contributed by atoms with Crippen LogP contribution in [-0.2, 0) is 10.0 Å².